The van der Waals surface area contributed by atoms with E-state index >= 15 is 8.42 Å². The average molecular weight is 709 g/mol. The third-order valence-electron chi connectivity index (χ3n) is 12.8. The van der Waals surface area contributed by atoms with E-state index in [2.05, 4.69) is 5.32 Å². The van der Waals surface area contributed by atoms with Gasteiger partial charge in [-0.2, -0.15) is 0 Å². The predicted octanol–water partition coefficient (Wildman–Crippen LogP) is 2.85. The highest BCUT2D eigenvalue weighted by molar-refractivity contribution is 7.92. The fourth-order valence-corrected chi connectivity index (χ4v) is 12.5. The highest BCUT2D eigenvalue weighted by Crippen LogP contribution is 2.71. The van der Waals surface area contributed by atoms with E-state index in [-0.39, 0.29) is 41.4 Å². The van der Waals surface area contributed by atoms with Gasteiger partial charge in [0.15, 0.2) is 0 Å². The molecule has 8 atom stereocenters. The Morgan fingerprint density at radius 3 is 1.84 bits per heavy atom. The molecule has 4 fully saturated rings. The summed E-state index contributed by atoms with van der Waals surface area (Å²) in [5.41, 5.74) is 0.286. The Hall–Kier alpha value is -4.91. The first kappa shape index (κ1) is 32.0. The van der Waals surface area contributed by atoms with Gasteiger partial charge in [-0.25, -0.2) is 12.7 Å². The van der Waals surface area contributed by atoms with E-state index in [4.69, 9.17) is 0 Å². The number of anilines is 2. The SMILES string of the molecule is CC[C@H]1C(=O)N2[C@H]3Nc4ccccc4[C@@]3(C34C[C@H]5C(=O)N(C)[C@@H](CC)C(=O)N5[C@H]3N(S(=O)(=O)c3ccccc3)c3ccccc34)C[C@H]2C(=O)N1C. The van der Waals surface area contributed by atoms with Crippen LogP contribution in [0.5, 0.6) is 0 Å². The molecule has 13 heteroatoms. The maximum Gasteiger partial charge on any atom is 0.266 e. The van der Waals surface area contributed by atoms with Gasteiger partial charge in [-0.15, -0.1) is 0 Å². The number of hydrogen-bond donors (Lipinski definition) is 1. The van der Waals surface area contributed by atoms with Crippen LogP contribution >= 0.6 is 0 Å². The second-order valence-electron chi connectivity index (χ2n) is 14.7. The number of nitrogens with zero attached hydrogens (tertiary/aromatic N) is 5. The number of piperazine rings is 2. The Bertz CT molecular complexity index is 2150. The molecule has 0 aromatic heterocycles. The first-order valence-corrected chi connectivity index (χ1v) is 19.1. The monoisotopic (exact) mass is 708 g/mol. The van der Waals surface area contributed by atoms with Crippen molar-refractivity contribution in [3.63, 3.8) is 0 Å². The van der Waals surface area contributed by atoms with Gasteiger partial charge < -0.3 is 24.9 Å². The van der Waals surface area contributed by atoms with E-state index in [0.29, 0.717) is 24.1 Å². The van der Waals surface area contributed by atoms with Gasteiger partial charge in [0.25, 0.3) is 10.0 Å². The molecular weight excluding hydrogens is 669 g/mol. The summed E-state index contributed by atoms with van der Waals surface area (Å²) in [5.74, 6) is -0.946. The van der Waals surface area contributed by atoms with E-state index < -0.39 is 57.4 Å². The summed E-state index contributed by atoms with van der Waals surface area (Å²) in [5, 5.41) is 3.65. The van der Waals surface area contributed by atoms with Crippen LogP contribution < -0.4 is 9.62 Å². The van der Waals surface area contributed by atoms with Crippen LogP contribution in [0.4, 0.5) is 11.4 Å². The van der Waals surface area contributed by atoms with Crippen LogP contribution in [-0.2, 0) is 40.0 Å². The van der Waals surface area contributed by atoms with Gasteiger partial charge in [0.2, 0.25) is 23.6 Å². The summed E-state index contributed by atoms with van der Waals surface area (Å²) in [7, 11) is -1.04. The molecule has 12 nitrogen and oxygen atoms in total. The number of para-hydroxylation sites is 2. The minimum absolute atomic E-state index is 0.0552. The second kappa shape index (κ2) is 10.6. The standard InChI is InChI=1S/C38H40N6O6S/c1-5-26-33(47)42-29(31(45)40(26)3)20-37(23-16-10-12-18-25(23)39-35(37)42)38-21-30-32(46)41(4)27(6-2)34(48)43(30)36(38)44(28-19-13-11-17-24(28)38)51(49,50)22-14-8-7-9-15-22/h7-19,26-27,29-30,35-36,39H,5-6,20-21H2,1-4H3/t26-,27-,29-,30-,35+,36-,37-,38?/m0/s1. The van der Waals surface area contributed by atoms with Crippen LogP contribution in [-0.4, -0.2) is 102 Å². The maximum atomic E-state index is 15.1. The van der Waals surface area contributed by atoms with Crippen LogP contribution in [0.1, 0.15) is 50.7 Å². The number of fused-ring (bicyclic) bond motifs is 11. The normalized spacial score (nSPS) is 33.5. The fraction of sp³-hybridized carbons (Fsp3) is 0.421. The second-order valence-corrected chi connectivity index (χ2v) is 16.5. The van der Waals surface area contributed by atoms with E-state index in [9.17, 15) is 19.2 Å². The van der Waals surface area contributed by atoms with Crippen LogP contribution in [0.25, 0.3) is 0 Å². The molecule has 0 spiro atoms. The molecule has 6 aliphatic rings. The van der Waals surface area contributed by atoms with Gasteiger partial charge in [0.05, 0.1) is 21.4 Å². The van der Waals surface area contributed by atoms with Crippen LogP contribution in [0.15, 0.2) is 83.8 Å². The highest BCUT2D eigenvalue weighted by Gasteiger charge is 2.80. The Balaban J connectivity index is 1.38. The number of carbonyl (C=O) groups excluding carboxylic acids is 4. The summed E-state index contributed by atoms with van der Waals surface area (Å²) < 4.78 is 31.7. The van der Waals surface area contributed by atoms with Crippen molar-refractivity contribution in [2.24, 2.45) is 0 Å². The van der Waals surface area contributed by atoms with E-state index in [1.54, 1.807) is 59.1 Å². The zero-order valence-corrected chi connectivity index (χ0v) is 29.7. The smallest absolute Gasteiger partial charge is 0.266 e. The topological polar surface area (TPSA) is 131 Å². The molecule has 0 bridgehead atoms. The van der Waals surface area contributed by atoms with Crippen LogP contribution in [0, 0.1) is 0 Å². The van der Waals surface area contributed by atoms with E-state index in [1.165, 1.54) is 21.3 Å². The molecule has 1 unspecified atom stereocenters. The number of amides is 4. The van der Waals surface area contributed by atoms with Gasteiger partial charge in [-0.3, -0.25) is 19.2 Å². The minimum Gasteiger partial charge on any atom is -0.364 e. The van der Waals surface area contributed by atoms with Crippen molar-refractivity contribution in [2.75, 3.05) is 23.7 Å². The third-order valence-corrected chi connectivity index (χ3v) is 14.6. The van der Waals surface area contributed by atoms with Crippen molar-refractivity contribution in [3.8, 4) is 0 Å². The molecule has 51 heavy (non-hydrogen) atoms. The number of benzene rings is 3. The maximum absolute atomic E-state index is 15.1. The summed E-state index contributed by atoms with van der Waals surface area (Å²) in [6.45, 7) is 3.73. The first-order chi connectivity index (χ1) is 24.5. The molecule has 3 aromatic carbocycles. The molecule has 264 valence electrons. The Morgan fingerprint density at radius 1 is 0.667 bits per heavy atom. The van der Waals surface area contributed by atoms with Crippen LogP contribution in [0.3, 0.4) is 0 Å². The molecule has 1 N–H and O–H groups in total. The predicted molar refractivity (Wildman–Crippen MR) is 188 cm³/mol. The van der Waals surface area contributed by atoms with Gasteiger partial charge in [-0.1, -0.05) is 68.4 Å². The van der Waals surface area contributed by atoms with Gasteiger partial charge in [-0.05, 0) is 61.1 Å². The summed E-state index contributed by atoms with van der Waals surface area (Å²) in [4.78, 5) is 64.5. The largest absolute Gasteiger partial charge is 0.364 e. The zero-order valence-electron chi connectivity index (χ0n) is 28.9. The number of carbonyl (C=O) groups is 4. The van der Waals surface area contributed by atoms with Gasteiger partial charge >= 0.3 is 0 Å². The van der Waals surface area contributed by atoms with Crippen molar-refractivity contribution in [1.29, 1.82) is 0 Å². The molecule has 0 saturated carbocycles. The van der Waals surface area contributed by atoms with Crippen molar-refractivity contribution in [1.82, 2.24) is 19.6 Å². The molecule has 6 heterocycles. The number of sulfonamides is 1. The first-order valence-electron chi connectivity index (χ1n) is 17.7. The fourth-order valence-electron chi connectivity index (χ4n) is 10.8. The van der Waals surface area contributed by atoms with Gasteiger partial charge in [0.1, 0.15) is 36.5 Å². The lowest BCUT2D eigenvalue weighted by Crippen LogP contribution is -2.68. The molecular formula is C38H40N6O6S. The van der Waals surface area contributed by atoms with E-state index in [1.807, 2.05) is 50.2 Å². The Kier molecular flexibility index (Phi) is 6.63. The lowest BCUT2D eigenvalue weighted by atomic mass is 9.54. The number of rotatable bonds is 5. The summed E-state index contributed by atoms with van der Waals surface area (Å²) >= 11 is 0. The van der Waals surface area contributed by atoms with Gasteiger partial charge in [0, 0.05) is 19.8 Å². The number of likely N-dealkylation sites (N-methyl/N-ethyl adjacent to an activating group) is 2. The molecule has 0 radical (unpaired) electrons. The summed E-state index contributed by atoms with van der Waals surface area (Å²) in [6.07, 6.45) is -0.882. The van der Waals surface area contributed by atoms with Crippen molar-refractivity contribution in [2.45, 2.75) is 91.8 Å². The quantitative estimate of drug-likeness (QED) is 0.432. The summed E-state index contributed by atoms with van der Waals surface area (Å²) in [6, 6.07) is 20.0. The lowest BCUT2D eigenvalue weighted by Gasteiger charge is -2.50. The molecule has 9 rings (SSSR count). The Labute approximate surface area is 297 Å². The molecule has 0 aliphatic carbocycles. The lowest BCUT2D eigenvalue weighted by molar-refractivity contribution is -0.159. The number of hydrogen-bond acceptors (Lipinski definition) is 7. The Morgan fingerprint density at radius 2 is 1.20 bits per heavy atom. The average Bonchev–Trinajstić information content (AvgIpc) is 3.84. The molecule has 3 aromatic rings. The third kappa shape index (κ3) is 3.62. The number of nitrogens with one attached hydrogen (secondary N) is 1. The molecule has 4 amide bonds. The minimum atomic E-state index is -4.34. The highest BCUT2D eigenvalue weighted by atomic mass is 32.2. The molecule has 6 aliphatic heterocycles. The van der Waals surface area contributed by atoms with Crippen molar-refractivity contribution in [3.05, 3.63) is 90.0 Å². The molecule has 4 saturated heterocycles. The van der Waals surface area contributed by atoms with Crippen molar-refractivity contribution >= 4 is 45.0 Å². The van der Waals surface area contributed by atoms with Crippen molar-refractivity contribution < 1.29 is 27.6 Å². The van der Waals surface area contributed by atoms with E-state index in [0.717, 1.165) is 11.3 Å². The zero-order chi connectivity index (χ0) is 35.8. The van der Waals surface area contributed by atoms with Crippen LogP contribution in [0.2, 0.25) is 0 Å².